The predicted octanol–water partition coefficient (Wildman–Crippen LogP) is 1.70. The van der Waals surface area contributed by atoms with E-state index in [2.05, 4.69) is 4.99 Å². The molecule has 84 valence electrons. The normalized spacial score (nSPS) is 14.2. The minimum absolute atomic E-state index is 0.000417. The van der Waals surface area contributed by atoms with Crippen LogP contribution in [0.2, 0.25) is 0 Å². The molecule has 0 fully saturated rings. The molecule has 0 radical (unpaired) electrons. The van der Waals surface area contributed by atoms with Gasteiger partial charge in [0, 0.05) is 5.56 Å². The van der Waals surface area contributed by atoms with E-state index in [9.17, 15) is 4.79 Å². The molecule has 16 heavy (non-hydrogen) atoms. The zero-order chi connectivity index (χ0) is 11.4. The first-order valence-electron chi connectivity index (χ1n) is 5.13. The molecule has 4 heteroatoms. The average Bonchev–Trinajstić information content (AvgIpc) is 2.82. The van der Waals surface area contributed by atoms with Gasteiger partial charge in [0.25, 0.3) is 0 Å². The Kier molecular flexibility index (Phi) is 3.19. The highest BCUT2D eigenvalue weighted by atomic mass is 16.5. The summed E-state index contributed by atoms with van der Waals surface area (Å²) in [5, 5.41) is 0. The molecule has 0 bridgehead atoms. The van der Waals surface area contributed by atoms with Gasteiger partial charge in [-0.05, 0) is 12.1 Å². The van der Waals surface area contributed by atoms with E-state index in [-0.39, 0.29) is 12.2 Å². The van der Waals surface area contributed by atoms with Gasteiger partial charge in [-0.1, -0.05) is 12.1 Å². The summed E-state index contributed by atoms with van der Waals surface area (Å²) < 4.78 is 10.3. The lowest BCUT2D eigenvalue weighted by Gasteiger charge is -2.04. The molecule has 0 spiro atoms. The minimum Gasteiger partial charge on any atom is -0.497 e. The molecule has 2 rings (SSSR count). The lowest BCUT2D eigenvalue weighted by molar-refractivity contribution is 0.0994. The second-order valence-electron chi connectivity index (χ2n) is 3.46. The van der Waals surface area contributed by atoms with Crippen molar-refractivity contribution in [2.75, 3.05) is 20.3 Å². The molecule has 1 heterocycles. The number of Topliss-reactive ketones (excluding diaryl/α,β-unsaturated/α-hetero) is 1. The van der Waals surface area contributed by atoms with Crippen LogP contribution in [0.3, 0.4) is 0 Å². The smallest absolute Gasteiger partial charge is 0.191 e. The summed E-state index contributed by atoms with van der Waals surface area (Å²) in [5.74, 6) is 1.22. The molecule has 0 saturated carbocycles. The number of benzene rings is 1. The van der Waals surface area contributed by atoms with Crippen LogP contribution in [0.15, 0.2) is 29.3 Å². The summed E-state index contributed by atoms with van der Waals surface area (Å²) in [6.45, 7) is 1.24. The largest absolute Gasteiger partial charge is 0.497 e. The van der Waals surface area contributed by atoms with E-state index in [1.54, 1.807) is 31.4 Å². The number of ketones is 1. The molecule has 0 atom stereocenters. The third-order valence-corrected chi connectivity index (χ3v) is 2.35. The van der Waals surface area contributed by atoms with Gasteiger partial charge in [0.15, 0.2) is 11.7 Å². The fourth-order valence-corrected chi connectivity index (χ4v) is 1.52. The van der Waals surface area contributed by atoms with Crippen LogP contribution in [0.1, 0.15) is 16.8 Å². The van der Waals surface area contributed by atoms with Crippen molar-refractivity contribution in [1.29, 1.82) is 0 Å². The summed E-state index contributed by atoms with van der Waals surface area (Å²) in [5.41, 5.74) is 0.623. The molecular weight excluding hydrogens is 206 g/mol. The van der Waals surface area contributed by atoms with Crippen LogP contribution >= 0.6 is 0 Å². The zero-order valence-corrected chi connectivity index (χ0v) is 9.10. The highest BCUT2D eigenvalue weighted by Gasteiger charge is 2.14. The first-order chi connectivity index (χ1) is 7.79. The molecule has 0 N–H and O–H groups in total. The first-order valence-corrected chi connectivity index (χ1v) is 5.13. The fourth-order valence-electron chi connectivity index (χ4n) is 1.52. The van der Waals surface area contributed by atoms with Crippen LogP contribution in [0.25, 0.3) is 0 Å². The van der Waals surface area contributed by atoms with Gasteiger partial charge in [-0.15, -0.1) is 0 Å². The van der Waals surface area contributed by atoms with E-state index in [1.165, 1.54) is 0 Å². The third kappa shape index (κ3) is 2.39. The topological polar surface area (TPSA) is 47.9 Å². The van der Waals surface area contributed by atoms with Crippen molar-refractivity contribution in [2.45, 2.75) is 6.42 Å². The predicted molar refractivity (Wildman–Crippen MR) is 60.2 cm³/mol. The van der Waals surface area contributed by atoms with Crippen LogP contribution in [0.5, 0.6) is 5.75 Å². The van der Waals surface area contributed by atoms with E-state index in [0.717, 1.165) is 0 Å². The SMILES string of the molecule is COc1cccc(C(=O)CC2=NCCO2)c1. The molecule has 0 amide bonds. The number of rotatable bonds is 4. The van der Waals surface area contributed by atoms with E-state index in [0.29, 0.717) is 30.4 Å². The van der Waals surface area contributed by atoms with Crippen LogP contribution in [0, 0.1) is 0 Å². The van der Waals surface area contributed by atoms with E-state index in [1.807, 2.05) is 0 Å². The first kappa shape index (κ1) is 10.7. The van der Waals surface area contributed by atoms with Crippen LogP contribution in [-0.4, -0.2) is 31.9 Å². The number of nitrogens with zero attached hydrogens (tertiary/aromatic N) is 1. The van der Waals surface area contributed by atoms with Crippen molar-refractivity contribution in [3.63, 3.8) is 0 Å². The Balaban J connectivity index is 2.07. The minimum atomic E-state index is -0.000417. The number of carbonyl (C=O) groups excluding carboxylic acids is 1. The molecule has 0 aliphatic carbocycles. The second-order valence-corrected chi connectivity index (χ2v) is 3.46. The molecule has 1 aromatic rings. The average molecular weight is 219 g/mol. The molecule has 0 saturated heterocycles. The van der Waals surface area contributed by atoms with Gasteiger partial charge in [-0.3, -0.25) is 9.79 Å². The monoisotopic (exact) mass is 219 g/mol. The van der Waals surface area contributed by atoms with E-state index < -0.39 is 0 Å². The molecule has 1 aromatic carbocycles. The number of methoxy groups -OCH3 is 1. The van der Waals surface area contributed by atoms with Gasteiger partial charge >= 0.3 is 0 Å². The number of carbonyl (C=O) groups is 1. The lowest BCUT2D eigenvalue weighted by atomic mass is 10.1. The van der Waals surface area contributed by atoms with Gasteiger partial charge in [0.2, 0.25) is 0 Å². The highest BCUT2D eigenvalue weighted by Crippen LogP contribution is 2.14. The van der Waals surface area contributed by atoms with Gasteiger partial charge in [-0.2, -0.15) is 0 Å². The van der Waals surface area contributed by atoms with Gasteiger partial charge < -0.3 is 9.47 Å². The maximum Gasteiger partial charge on any atom is 0.191 e. The number of ether oxygens (including phenoxy) is 2. The van der Waals surface area contributed by atoms with Gasteiger partial charge in [-0.25, -0.2) is 0 Å². The van der Waals surface area contributed by atoms with Gasteiger partial charge in [0.05, 0.1) is 20.1 Å². The second kappa shape index (κ2) is 4.79. The van der Waals surface area contributed by atoms with Crippen LogP contribution < -0.4 is 4.74 Å². The van der Waals surface area contributed by atoms with Crippen LogP contribution in [-0.2, 0) is 4.74 Å². The van der Waals surface area contributed by atoms with Crippen molar-refractivity contribution in [3.8, 4) is 5.75 Å². The Morgan fingerprint density at radius 3 is 3.12 bits per heavy atom. The van der Waals surface area contributed by atoms with Crippen molar-refractivity contribution in [3.05, 3.63) is 29.8 Å². The van der Waals surface area contributed by atoms with E-state index in [4.69, 9.17) is 9.47 Å². The Morgan fingerprint density at radius 1 is 1.56 bits per heavy atom. The molecule has 0 unspecified atom stereocenters. The molecular formula is C12H13NO3. The van der Waals surface area contributed by atoms with Crippen molar-refractivity contribution < 1.29 is 14.3 Å². The lowest BCUT2D eigenvalue weighted by Crippen LogP contribution is -2.08. The molecule has 4 nitrogen and oxygen atoms in total. The van der Waals surface area contributed by atoms with Crippen molar-refractivity contribution in [1.82, 2.24) is 0 Å². The number of hydrogen-bond donors (Lipinski definition) is 0. The third-order valence-electron chi connectivity index (χ3n) is 2.35. The van der Waals surface area contributed by atoms with E-state index >= 15 is 0 Å². The molecule has 1 aliphatic heterocycles. The van der Waals surface area contributed by atoms with Crippen molar-refractivity contribution >= 4 is 11.7 Å². The highest BCUT2D eigenvalue weighted by molar-refractivity contribution is 6.07. The Labute approximate surface area is 93.9 Å². The Hall–Kier alpha value is -1.84. The number of aliphatic imine (C=N–C) groups is 1. The Bertz CT molecular complexity index is 426. The summed E-state index contributed by atoms with van der Waals surface area (Å²) >= 11 is 0. The molecule has 1 aliphatic rings. The zero-order valence-electron chi connectivity index (χ0n) is 9.10. The van der Waals surface area contributed by atoms with Crippen molar-refractivity contribution in [2.24, 2.45) is 4.99 Å². The summed E-state index contributed by atoms with van der Waals surface area (Å²) in [6.07, 6.45) is 0.229. The summed E-state index contributed by atoms with van der Waals surface area (Å²) in [7, 11) is 1.58. The van der Waals surface area contributed by atoms with Crippen LogP contribution in [0.4, 0.5) is 0 Å². The standard InChI is InChI=1S/C12H13NO3/c1-15-10-4-2-3-9(7-10)11(14)8-12-13-5-6-16-12/h2-4,7H,5-6,8H2,1H3. The maximum absolute atomic E-state index is 11.9. The fraction of sp³-hybridized carbons (Fsp3) is 0.333. The summed E-state index contributed by atoms with van der Waals surface area (Å²) in [6, 6.07) is 7.09. The van der Waals surface area contributed by atoms with Gasteiger partial charge in [0.1, 0.15) is 12.4 Å². The quantitative estimate of drug-likeness (QED) is 0.724. The Morgan fingerprint density at radius 2 is 2.44 bits per heavy atom. The summed E-state index contributed by atoms with van der Waals surface area (Å²) in [4.78, 5) is 15.9. The molecule has 0 aromatic heterocycles. The maximum atomic E-state index is 11.9. The number of hydrogen-bond acceptors (Lipinski definition) is 4.